The van der Waals surface area contributed by atoms with Crippen LogP contribution in [0.4, 0.5) is 13.2 Å². The molecule has 21 heavy (non-hydrogen) atoms. The van der Waals surface area contributed by atoms with Crippen LogP contribution in [0.5, 0.6) is 0 Å². The summed E-state index contributed by atoms with van der Waals surface area (Å²) in [7, 11) is 1.21. The van der Waals surface area contributed by atoms with Crippen LogP contribution in [0.15, 0.2) is 24.3 Å². The van der Waals surface area contributed by atoms with Crippen LogP contribution in [0.3, 0.4) is 0 Å². The molecule has 1 aromatic carbocycles. The first-order chi connectivity index (χ1) is 9.75. The Labute approximate surface area is 122 Å². The number of benzene rings is 1. The van der Waals surface area contributed by atoms with Gasteiger partial charge in [0.15, 0.2) is 0 Å². The van der Waals surface area contributed by atoms with Gasteiger partial charge in [0.25, 0.3) is 0 Å². The lowest BCUT2D eigenvalue weighted by molar-refractivity contribution is -0.150. The Balaban J connectivity index is 3.08. The Kier molecular flexibility index (Phi) is 5.78. The van der Waals surface area contributed by atoms with Crippen LogP contribution in [0.1, 0.15) is 30.4 Å². The van der Waals surface area contributed by atoms with Crippen molar-refractivity contribution in [3.63, 3.8) is 0 Å². The Morgan fingerprint density at radius 1 is 1.29 bits per heavy atom. The summed E-state index contributed by atoms with van der Waals surface area (Å²) in [5.41, 5.74) is 6.01. The molecule has 1 rings (SSSR count). The average molecular weight is 303 g/mol. The lowest BCUT2D eigenvalue weighted by Crippen LogP contribution is -2.44. The largest absolute Gasteiger partial charge is 0.468 e. The highest BCUT2D eigenvalue weighted by atomic mass is 19.4. The molecule has 0 aliphatic rings. The predicted octanol–water partition coefficient (Wildman–Crippen LogP) is 3.10. The Bertz CT molecular complexity index is 488. The van der Waals surface area contributed by atoms with Crippen LogP contribution in [-0.2, 0) is 14.9 Å². The van der Waals surface area contributed by atoms with E-state index in [1.165, 1.54) is 7.11 Å². The summed E-state index contributed by atoms with van der Waals surface area (Å²) in [6.07, 6.45) is -5.37. The standard InChI is InChI=1S/C15H20F3NO2/c1-11-5-3-6-12(9-11)14(10-19,13(20)21-2)7-4-8-15(16,17)18/h3,5-6,9H,4,7-8,10,19H2,1-2H3. The SMILES string of the molecule is COC(=O)C(CN)(CCCC(F)(F)F)c1cccc(C)c1. The van der Waals surface area contributed by atoms with Crippen molar-refractivity contribution >= 4 is 5.97 Å². The molecule has 0 heterocycles. The first kappa shape index (κ1) is 17.5. The van der Waals surface area contributed by atoms with Gasteiger partial charge in [0.2, 0.25) is 0 Å². The van der Waals surface area contributed by atoms with Gasteiger partial charge in [0.1, 0.15) is 5.41 Å². The molecule has 0 fully saturated rings. The first-order valence-electron chi connectivity index (χ1n) is 6.67. The van der Waals surface area contributed by atoms with E-state index in [9.17, 15) is 18.0 Å². The van der Waals surface area contributed by atoms with E-state index in [0.29, 0.717) is 5.56 Å². The molecule has 0 aromatic heterocycles. The number of aryl methyl sites for hydroxylation is 1. The molecule has 2 N–H and O–H groups in total. The highest BCUT2D eigenvalue weighted by molar-refractivity contribution is 5.83. The van der Waals surface area contributed by atoms with Crippen LogP contribution < -0.4 is 5.73 Å². The molecule has 0 radical (unpaired) electrons. The van der Waals surface area contributed by atoms with Crippen LogP contribution in [0.25, 0.3) is 0 Å². The quantitative estimate of drug-likeness (QED) is 0.822. The normalized spacial score (nSPS) is 14.6. The molecule has 118 valence electrons. The molecule has 0 aliphatic heterocycles. The van der Waals surface area contributed by atoms with E-state index < -0.39 is 24.0 Å². The van der Waals surface area contributed by atoms with Gasteiger partial charge in [0, 0.05) is 13.0 Å². The smallest absolute Gasteiger partial charge is 0.389 e. The van der Waals surface area contributed by atoms with Crippen molar-refractivity contribution in [2.75, 3.05) is 13.7 Å². The van der Waals surface area contributed by atoms with E-state index in [1.807, 2.05) is 13.0 Å². The highest BCUT2D eigenvalue weighted by Crippen LogP contribution is 2.33. The van der Waals surface area contributed by atoms with E-state index in [4.69, 9.17) is 10.5 Å². The monoisotopic (exact) mass is 303 g/mol. The fraction of sp³-hybridized carbons (Fsp3) is 0.533. The van der Waals surface area contributed by atoms with Gasteiger partial charge in [-0.3, -0.25) is 4.79 Å². The molecule has 1 aromatic rings. The summed E-state index contributed by atoms with van der Waals surface area (Å²) in [6, 6.07) is 7.06. The fourth-order valence-corrected chi connectivity index (χ4v) is 2.40. The minimum Gasteiger partial charge on any atom is -0.468 e. The molecular formula is C15H20F3NO2. The Morgan fingerprint density at radius 2 is 1.95 bits per heavy atom. The molecule has 6 heteroatoms. The Hall–Kier alpha value is -1.56. The molecule has 0 bridgehead atoms. The number of rotatable bonds is 6. The molecule has 0 saturated carbocycles. The van der Waals surface area contributed by atoms with Crippen LogP contribution in [0, 0.1) is 6.92 Å². The number of hydrogen-bond acceptors (Lipinski definition) is 3. The number of hydrogen-bond donors (Lipinski definition) is 1. The third kappa shape index (κ3) is 4.46. The zero-order chi connectivity index (χ0) is 16.1. The Morgan fingerprint density at radius 3 is 2.43 bits per heavy atom. The van der Waals surface area contributed by atoms with Gasteiger partial charge in [-0.25, -0.2) is 0 Å². The summed E-state index contributed by atoms with van der Waals surface area (Å²) in [6.45, 7) is 1.75. The van der Waals surface area contributed by atoms with E-state index in [2.05, 4.69) is 0 Å². The number of ether oxygens (including phenoxy) is 1. The number of halogens is 3. The number of methoxy groups -OCH3 is 1. The van der Waals surface area contributed by atoms with E-state index in [-0.39, 0.29) is 19.4 Å². The summed E-state index contributed by atoms with van der Waals surface area (Å²) < 4.78 is 41.8. The number of nitrogens with two attached hydrogens (primary N) is 1. The predicted molar refractivity (Wildman–Crippen MR) is 73.8 cm³/mol. The molecule has 0 aliphatic carbocycles. The maximum Gasteiger partial charge on any atom is 0.389 e. The summed E-state index contributed by atoms with van der Waals surface area (Å²) >= 11 is 0. The third-order valence-electron chi connectivity index (χ3n) is 3.56. The molecule has 0 spiro atoms. The maximum absolute atomic E-state index is 12.3. The third-order valence-corrected chi connectivity index (χ3v) is 3.56. The van der Waals surface area contributed by atoms with Gasteiger partial charge in [-0.1, -0.05) is 29.8 Å². The minimum absolute atomic E-state index is 0.000856. The second kappa shape index (κ2) is 6.93. The van der Waals surface area contributed by atoms with Crippen LogP contribution >= 0.6 is 0 Å². The summed E-state index contributed by atoms with van der Waals surface area (Å²) in [5.74, 6) is -0.599. The van der Waals surface area contributed by atoms with Gasteiger partial charge in [-0.15, -0.1) is 0 Å². The number of esters is 1. The first-order valence-corrected chi connectivity index (χ1v) is 6.67. The number of carbonyl (C=O) groups excluding carboxylic acids is 1. The topological polar surface area (TPSA) is 52.3 Å². The second-order valence-corrected chi connectivity index (χ2v) is 5.12. The van der Waals surface area contributed by atoms with Crippen molar-refractivity contribution in [1.29, 1.82) is 0 Å². The van der Waals surface area contributed by atoms with Crippen LogP contribution in [-0.4, -0.2) is 25.8 Å². The second-order valence-electron chi connectivity index (χ2n) is 5.12. The van der Waals surface area contributed by atoms with Gasteiger partial charge in [-0.2, -0.15) is 13.2 Å². The minimum atomic E-state index is -4.25. The van der Waals surface area contributed by atoms with Crippen molar-refractivity contribution in [2.45, 2.75) is 37.8 Å². The zero-order valence-corrected chi connectivity index (χ0v) is 12.2. The van der Waals surface area contributed by atoms with E-state index >= 15 is 0 Å². The van der Waals surface area contributed by atoms with Crippen LogP contribution in [0.2, 0.25) is 0 Å². The van der Waals surface area contributed by atoms with Crippen molar-refractivity contribution in [2.24, 2.45) is 5.73 Å². The summed E-state index contributed by atoms with van der Waals surface area (Å²) in [5, 5.41) is 0. The van der Waals surface area contributed by atoms with Gasteiger partial charge in [0.05, 0.1) is 7.11 Å². The lowest BCUT2D eigenvalue weighted by atomic mass is 9.76. The van der Waals surface area contributed by atoms with Gasteiger partial charge < -0.3 is 10.5 Å². The van der Waals surface area contributed by atoms with Crippen molar-refractivity contribution in [3.8, 4) is 0 Å². The average Bonchev–Trinajstić information content (AvgIpc) is 2.42. The van der Waals surface area contributed by atoms with E-state index in [0.717, 1.165) is 5.56 Å². The van der Waals surface area contributed by atoms with E-state index in [1.54, 1.807) is 18.2 Å². The maximum atomic E-state index is 12.3. The summed E-state index contributed by atoms with van der Waals surface area (Å²) in [4.78, 5) is 12.1. The molecule has 1 unspecified atom stereocenters. The molecule has 3 nitrogen and oxygen atoms in total. The molecule has 0 saturated heterocycles. The fourth-order valence-electron chi connectivity index (χ4n) is 2.40. The highest BCUT2D eigenvalue weighted by Gasteiger charge is 2.41. The molecule has 0 amide bonds. The van der Waals surface area contributed by atoms with Gasteiger partial charge >= 0.3 is 12.1 Å². The number of carbonyl (C=O) groups is 1. The van der Waals surface area contributed by atoms with Gasteiger partial charge in [-0.05, 0) is 25.3 Å². The zero-order valence-electron chi connectivity index (χ0n) is 12.2. The molecular weight excluding hydrogens is 283 g/mol. The molecule has 1 atom stereocenters. The number of alkyl halides is 3. The lowest BCUT2D eigenvalue weighted by Gasteiger charge is -2.30. The van der Waals surface area contributed by atoms with Crippen molar-refractivity contribution in [3.05, 3.63) is 35.4 Å². The van der Waals surface area contributed by atoms with Crippen molar-refractivity contribution in [1.82, 2.24) is 0 Å². The van der Waals surface area contributed by atoms with Crippen molar-refractivity contribution < 1.29 is 22.7 Å².